The summed E-state index contributed by atoms with van der Waals surface area (Å²) in [5, 5.41) is 4.49. The molecule has 0 aliphatic rings. The fourth-order valence-corrected chi connectivity index (χ4v) is 3.13. The minimum atomic E-state index is 0.360. The zero-order valence-electron chi connectivity index (χ0n) is 11.9. The van der Waals surface area contributed by atoms with E-state index in [1.165, 1.54) is 4.88 Å². The molecule has 4 nitrogen and oxygen atoms in total. The van der Waals surface area contributed by atoms with Gasteiger partial charge in [-0.25, -0.2) is 4.98 Å². The van der Waals surface area contributed by atoms with Crippen LogP contribution in [0.3, 0.4) is 0 Å². The van der Waals surface area contributed by atoms with Gasteiger partial charge in [-0.3, -0.25) is 0 Å². The zero-order chi connectivity index (χ0) is 13.8. The van der Waals surface area contributed by atoms with Crippen LogP contribution in [0.1, 0.15) is 36.0 Å². The summed E-state index contributed by atoms with van der Waals surface area (Å²) in [5.41, 5.74) is 2.28. The normalized spacial score (nSPS) is 12.6. The number of rotatable bonds is 6. The summed E-state index contributed by atoms with van der Waals surface area (Å²) in [6, 6.07) is 2.35. The van der Waals surface area contributed by atoms with Crippen LogP contribution in [0, 0.1) is 6.92 Å². The topological polar surface area (TPSA) is 41.3 Å². The fraction of sp³-hybridized carbons (Fsp3) is 0.500. The van der Waals surface area contributed by atoms with Crippen LogP contribution >= 0.6 is 11.3 Å². The fourth-order valence-electron chi connectivity index (χ4n) is 2.08. The molecule has 0 aromatic carbocycles. The molecule has 0 amide bonds. The van der Waals surface area contributed by atoms with E-state index in [1.807, 2.05) is 6.07 Å². The Kier molecular flexibility index (Phi) is 4.61. The van der Waals surface area contributed by atoms with Crippen LogP contribution in [0.2, 0.25) is 0 Å². The second-order valence-electron chi connectivity index (χ2n) is 4.71. The van der Waals surface area contributed by atoms with E-state index >= 15 is 0 Å². The number of hydrogen-bond acceptors (Lipinski definition) is 5. The van der Waals surface area contributed by atoms with Crippen LogP contribution in [0.5, 0.6) is 0 Å². The molecule has 2 heterocycles. The van der Waals surface area contributed by atoms with Crippen LogP contribution in [0.15, 0.2) is 23.0 Å². The Morgan fingerprint density at radius 2 is 2.32 bits per heavy atom. The molecule has 19 heavy (non-hydrogen) atoms. The molecule has 0 fully saturated rings. The quantitative estimate of drug-likeness (QED) is 0.880. The first-order valence-corrected chi connectivity index (χ1v) is 7.36. The maximum absolute atomic E-state index is 5.10. The maximum atomic E-state index is 5.10. The number of furan rings is 1. The van der Waals surface area contributed by atoms with Crippen LogP contribution in [0.4, 0.5) is 5.13 Å². The molecule has 1 unspecified atom stereocenters. The third kappa shape index (κ3) is 3.36. The number of aryl methyl sites for hydroxylation is 1. The number of anilines is 1. The highest BCUT2D eigenvalue weighted by Crippen LogP contribution is 2.30. The summed E-state index contributed by atoms with van der Waals surface area (Å²) in [6.45, 7) is 8.18. The third-order valence-electron chi connectivity index (χ3n) is 3.05. The molecule has 2 aromatic rings. The molecule has 0 saturated heterocycles. The number of aromatic nitrogens is 1. The highest BCUT2D eigenvalue weighted by molar-refractivity contribution is 7.15. The molecule has 5 heteroatoms. The SMILES string of the molecule is CCNC(C)c1sc(N(C)Cc2ccoc2)nc1C. The van der Waals surface area contributed by atoms with E-state index < -0.39 is 0 Å². The summed E-state index contributed by atoms with van der Waals surface area (Å²) in [7, 11) is 2.06. The third-order valence-corrected chi connectivity index (χ3v) is 4.51. The Bertz CT molecular complexity index is 507. The molecule has 104 valence electrons. The highest BCUT2D eigenvalue weighted by Gasteiger charge is 2.16. The van der Waals surface area contributed by atoms with E-state index in [0.29, 0.717) is 6.04 Å². The van der Waals surface area contributed by atoms with E-state index in [1.54, 1.807) is 23.9 Å². The Balaban J connectivity index is 2.10. The average molecular weight is 279 g/mol. The highest BCUT2D eigenvalue weighted by atomic mass is 32.1. The lowest BCUT2D eigenvalue weighted by Gasteiger charge is -2.14. The van der Waals surface area contributed by atoms with E-state index in [4.69, 9.17) is 4.42 Å². The smallest absolute Gasteiger partial charge is 0.185 e. The monoisotopic (exact) mass is 279 g/mol. The van der Waals surface area contributed by atoms with Crippen LogP contribution < -0.4 is 10.2 Å². The van der Waals surface area contributed by atoms with Gasteiger partial charge in [-0.2, -0.15) is 0 Å². The molecule has 0 spiro atoms. The van der Waals surface area contributed by atoms with Crippen LogP contribution in [-0.4, -0.2) is 18.6 Å². The minimum absolute atomic E-state index is 0.360. The lowest BCUT2D eigenvalue weighted by molar-refractivity contribution is 0.563. The maximum Gasteiger partial charge on any atom is 0.185 e. The van der Waals surface area contributed by atoms with Crippen molar-refractivity contribution in [2.24, 2.45) is 0 Å². The van der Waals surface area contributed by atoms with Crippen molar-refractivity contribution in [3.63, 3.8) is 0 Å². The van der Waals surface area contributed by atoms with Gasteiger partial charge in [0.1, 0.15) is 0 Å². The van der Waals surface area contributed by atoms with Crippen molar-refractivity contribution in [1.82, 2.24) is 10.3 Å². The molecule has 2 aromatic heterocycles. The standard InChI is InChI=1S/C14H21N3OS/c1-5-15-10(2)13-11(3)16-14(19-13)17(4)8-12-6-7-18-9-12/h6-7,9-10,15H,5,8H2,1-4H3. The molecule has 0 saturated carbocycles. The second-order valence-corrected chi connectivity index (χ2v) is 5.72. The summed E-state index contributed by atoms with van der Waals surface area (Å²) >= 11 is 1.76. The Morgan fingerprint density at radius 1 is 1.53 bits per heavy atom. The molecule has 0 aliphatic heterocycles. The van der Waals surface area contributed by atoms with Gasteiger partial charge in [-0.1, -0.05) is 6.92 Å². The lowest BCUT2D eigenvalue weighted by Crippen LogP contribution is -2.17. The number of nitrogens with one attached hydrogen (secondary N) is 1. The Labute approximate surface area is 118 Å². The van der Waals surface area contributed by atoms with Crippen molar-refractivity contribution in [1.29, 1.82) is 0 Å². The molecule has 0 bridgehead atoms. The average Bonchev–Trinajstić information content (AvgIpc) is 2.98. The zero-order valence-corrected chi connectivity index (χ0v) is 12.8. The van der Waals surface area contributed by atoms with Gasteiger partial charge in [-0.15, -0.1) is 11.3 Å². The van der Waals surface area contributed by atoms with Gasteiger partial charge in [0.2, 0.25) is 0 Å². The lowest BCUT2D eigenvalue weighted by atomic mass is 10.2. The summed E-state index contributed by atoms with van der Waals surface area (Å²) < 4.78 is 5.10. The Hall–Kier alpha value is -1.33. The molecule has 2 rings (SSSR count). The van der Waals surface area contributed by atoms with Crippen molar-refractivity contribution >= 4 is 16.5 Å². The Morgan fingerprint density at radius 3 is 2.95 bits per heavy atom. The first kappa shape index (κ1) is 14.1. The summed E-state index contributed by atoms with van der Waals surface area (Å²) in [4.78, 5) is 8.14. The van der Waals surface area contributed by atoms with Crippen molar-refractivity contribution in [2.75, 3.05) is 18.5 Å². The number of thiazole rings is 1. The second kappa shape index (κ2) is 6.21. The first-order valence-electron chi connectivity index (χ1n) is 6.54. The number of hydrogen-bond donors (Lipinski definition) is 1. The summed E-state index contributed by atoms with van der Waals surface area (Å²) in [6.07, 6.45) is 3.48. The summed E-state index contributed by atoms with van der Waals surface area (Å²) in [5.74, 6) is 0. The van der Waals surface area contributed by atoms with Crippen molar-refractivity contribution in [3.05, 3.63) is 34.7 Å². The van der Waals surface area contributed by atoms with E-state index in [9.17, 15) is 0 Å². The van der Waals surface area contributed by atoms with Gasteiger partial charge >= 0.3 is 0 Å². The van der Waals surface area contributed by atoms with E-state index in [0.717, 1.165) is 29.5 Å². The van der Waals surface area contributed by atoms with Gasteiger partial charge in [0.15, 0.2) is 5.13 Å². The van der Waals surface area contributed by atoms with Gasteiger partial charge in [0, 0.05) is 30.1 Å². The van der Waals surface area contributed by atoms with Crippen LogP contribution in [-0.2, 0) is 6.54 Å². The van der Waals surface area contributed by atoms with Gasteiger partial charge in [-0.05, 0) is 26.5 Å². The molecule has 1 N–H and O–H groups in total. The van der Waals surface area contributed by atoms with E-state index in [2.05, 4.69) is 43.0 Å². The predicted molar refractivity (Wildman–Crippen MR) is 79.8 cm³/mol. The largest absolute Gasteiger partial charge is 0.472 e. The minimum Gasteiger partial charge on any atom is -0.472 e. The van der Waals surface area contributed by atoms with Gasteiger partial charge in [0.05, 0.1) is 18.2 Å². The molecule has 1 atom stereocenters. The first-order chi connectivity index (χ1) is 9.11. The molecule has 0 aliphatic carbocycles. The van der Waals surface area contributed by atoms with Gasteiger partial charge < -0.3 is 14.6 Å². The van der Waals surface area contributed by atoms with Crippen LogP contribution in [0.25, 0.3) is 0 Å². The van der Waals surface area contributed by atoms with E-state index in [-0.39, 0.29) is 0 Å². The van der Waals surface area contributed by atoms with Crippen molar-refractivity contribution in [2.45, 2.75) is 33.4 Å². The number of nitrogens with zero attached hydrogens (tertiary/aromatic N) is 2. The van der Waals surface area contributed by atoms with Crippen molar-refractivity contribution in [3.8, 4) is 0 Å². The van der Waals surface area contributed by atoms with Gasteiger partial charge in [0.25, 0.3) is 0 Å². The molecular formula is C14H21N3OS. The molecule has 0 radical (unpaired) electrons. The molecular weight excluding hydrogens is 258 g/mol. The van der Waals surface area contributed by atoms with Crippen molar-refractivity contribution < 1.29 is 4.42 Å². The predicted octanol–water partition coefficient (Wildman–Crippen LogP) is 3.35.